The van der Waals surface area contributed by atoms with Gasteiger partial charge in [0, 0.05) is 58.0 Å². The van der Waals surface area contributed by atoms with Gasteiger partial charge in [-0.05, 0) is 37.0 Å². The Balaban J connectivity index is 0.00000300. The summed E-state index contributed by atoms with van der Waals surface area (Å²) in [6, 6.07) is 7.26. The minimum absolute atomic E-state index is 0. The molecule has 1 aromatic carbocycles. The third kappa shape index (κ3) is 7.90. The molecule has 6 nitrogen and oxygen atoms in total. The largest absolute Gasteiger partial charge is 0.379 e. The second-order valence-corrected chi connectivity index (χ2v) is 7.86. The fraction of sp³-hybridized carbons (Fsp3) is 0.667. The lowest BCUT2D eigenvalue weighted by Gasteiger charge is -2.34. The molecule has 2 saturated heterocycles. The number of nitrogens with zero attached hydrogens (tertiary/aromatic N) is 3. The Kier molecular flexibility index (Phi) is 10.4. The van der Waals surface area contributed by atoms with Gasteiger partial charge in [0.05, 0.1) is 13.2 Å². The molecule has 0 aromatic heterocycles. The van der Waals surface area contributed by atoms with E-state index in [0.717, 1.165) is 77.0 Å². The van der Waals surface area contributed by atoms with E-state index in [1.807, 2.05) is 13.1 Å². The summed E-state index contributed by atoms with van der Waals surface area (Å²) in [4.78, 5) is 9.11. The molecule has 2 fully saturated rings. The highest BCUT2D eigenvalue weighted by atomic mass is 127. The number of hydrogen-bond donors (Lipinski definition) is 2. The Morgan fingerprint density at radius 1 is 1.24 bits per heavy atom. The molecule has 0 spiro atoms. The van der Waals surface area contributed by atoms with Gasteiger partial charge in [-0.15, -0.1) is 24.0 Å². The lowest BCUT2D eigenvalue weighted by atomic mass is 10.0. The predicted molar refractivity (Wildman–Crippen MR) is 128 cm³/mol. The van der Waals surface area contributed by atoms with Crippen LogP contribution in [0.25, 0.3) is 0 Å². The molecule has 29 heavy (non-hydrogen) atoms. The van der Waals surface area contributed by atoms with E-state index in [0.29, 0.717) is 12.0 Å². The Morgan fingerprint density at radius 3 is 2.62 bits per heavy atom. The number of piperidine rings is 1. The van der Waals surface area contributed by atoms with E-state index >= 15 is 0 Å². The number of hydrogen-bond acceptors (Lipinski definition) is 4. The van der Waals surface area contributed by atoms with Gasteiger partial charge >= 0.3 is 0 Å². The van der Waals surface area contributed by atoms with E-state index in [2.05, 4.69) is 32.3 Å². The molecule has 1 atom stereocenters. The van der Waals surface area contributed by atoms with Gasteiger partial charge in [0.25, 0.3) is 0 Å². The number of aliphatic imine (C=N–C) groups is 1. The summed E-state index contributed by atoms with van der Waals surface area (Å²) in [7, 11) is 1.82. The maximum atomic E-state index is 13.4. The van der Waals surface area contributed by atoms with Crippen LogP contribution < -0.4 is 15.5 Å². The van der Waals surface area contributed by atoms with Crippen LogP contribution in [0.3, 0.4) is 0 Å². The molecule has 0 aliphatic carbocycles. The van der Waals surface area contributed by atoms with E-state index in [4.69, 9.17) is 4.74 Å². The Bertz CT molecular complexity index is 633. The molecule has 0 radical (unpaired) electrons. The minimum atomic E-state index is -0.173. The van der Waals surface area contributed by atoms with Gasteiger partial charge in [-0.2, -0.15) is 0 Å². The van der Waals surface area contributed by atoms with Gasteiger partial charge in [0.1, 0.15) is 5.82 Å². The highest BCUT2D eigenvalue weighted by molar-refractivity contribution is 14.0. The van der Waals surface area contributed by atoms with Crippen molar-refractivity contribution in [2.24, 2.45) is 10.9 Å². The number of benzene rings is 1. The number of anilines is 1. The molecule has 0 saturated carbocycles. The SMILES string of the molecule is CN=C(NCC(C)CN1CCOCC1)NC1CCN(c2cccc(F)c2)CC1.I. The van der Waals surface area contributed by atoms with Crippen LogP contribution in [0.1, 0.15) is 19.8 Å². The van der Waals surface area contributed by atoms with Crippen molar-refractivity contribution in [2.45, 2.75) is 25.8 Å². The molecule has 0 amide bonds. The van der Waals surface area contributed by atoms with Crippen molar-refractivity contribution >= 4 is 35.6 Å². The second kappa shape index (κ2) is 12.5. The van der Waals surface area contributed by atoms with Crippen LogP contribution in [0.2, 0.25) is 0 Å². The molecule has 2 heterocycles. The third-order valence-electron chi connectivity index (χ3n) is 5.52. The van der Waals surface area contributed by atoms with E-state index in [1.54, 1.807) is 12.1 Å². The molecule has 2 aliphatic heterocycles. The smallest absolute Gasteiger partial charge is 0.191 e. The molecule has 1 aromatic rings. The lowest BCUT2D eigenvalue weighted by Crippen LogP contribution is -2.50. The summed E-state index contributed by atoms with van der Waals surface area (Å²) < 4.78 is 18.9. The van der Waals surface area contributed by atoms with Gasteiger partial charge in [0.2, 0.25) is 0 Å². The van der Waals surface area contributed by atoms with Crippen LogP contribution >= 0.6 is 24.0 Å². The van der Waals surface area contributed by atoms with Crippen LogP contribution in [0.4, 0.5) is 10.1 Å². The van der Waals surface area contributed by atoms with Crippen molar-refractivity contribution in [3.63, 3.8) is 0 Å². The Hall–Kier alpha value is -1.13. The predicted octanol–water partition coefficient (Wildman–Crippen LogP) is 2.55. The maximum absolute atomic E-state index is 13.4. The molecular weight excluding hydrogens is 484 g/mol. The average Bonchev–Trinajstić information content (AvgIpc) is 2.72. The van der Waals surface area contributed by atoms with Crippen molar-refractivity contribution in [1.29, 1.82) is 0 Å². The number of ether oxygens (including phenoxy) is 1. The molecule has 0 bridgehead atoms. The highest BCUT2D eigenvalue weighted by Gasteiger charge is 2.21. The average molecular weight is 519 g/mol. The first-order chi connectivity index (χ1) is 13.6. The number of morpholine rings is 1. The molecule has 2 N–H and O–H groups in total. The topological polar surface area (TPSA) is 52.1 Å². The standard InChI is InChI=1S/C21H34FN5O.HI/c1-17(16-26-10-12-28-13-11-26)15-24-21(23-2)25-19-6-8-27(9-7-19)20-5-3-4-18(22)14-20;/h3-5,14,17,19H,6-13,15-16H2,1-2H3,(H2,23,24,25);1H. The Labute approximate surface area is 191 Å². The summed E-state index contributed by atoms with van der Waals surface area (Å²) in [5.41, 5.74) is 0.970. The van der Waals surface area contributed by atoms with Crippen molar-refractivity contribution in [2.75, 3.05) is 64.4 Å². The van der Waals surface area contributed by atoms with Crippen molar-refractivity contribution in [1.82, 2.24) is 15.5 Å². The zero-order chi connectivity index (χ0) is 19.8. The van der Waals surface area contributed by atoms with Gasteiger partial charge in [-0.3, -0.25) is 9.89 Å². The zero-order valence-corrected chi connectivity index (χ0v) is 19.9. The zero-order valence-electron chi connectivity index (χ0n) is 17.6. The summed E-state index contributed by atoms with van der Waals surface area (Å²) in [5, 5.41) is 7.03. The number of nitrogens with one attached hydrogen (secondary N) is 2. The number of guanidine groups is 1. The van der Waals surface area contributed by atoms with Crippen LogP contribution in [0.15, 0.2) is 29.3 Å². The van der Waals surface area contributed by atoms with Crippen LogP contribution in [0, 0.1) is 11.7 Å². The van der Waals surface area contributed by atoms with E-state index in [-0.39, 0.29) is 29.8 Å². The molecule has 2 aliphatic rings. The van der Waals surface area contributed by atoms with Crippen LogP contribution in [0.5, 0.6) is 0 Å². The second-order valence-electron chi connectivity index (χ2n) is 7.86. The van der Waals surface area contributed by atoms with E-state index < -0.39 is 0 Å². The molecular formula is C21H35FIN5O. The van der Waals surface area contributed by atoms with Gasteiger partial charge in [0.15, 0.2) is 5.96 Å². The van der Waals surface area contributed by atoms with E-state index in [1.165, 1.54) is 6.07 Å². The monoisotopic (exact) mass is 519 g/mol. The Morgan fingerprint density at radius 2 is 1.97 bits per heavy atom. The third-order valence-corrected chi connectivity index (χ3v) is 5.52. The normalized spacial score (nSPS) is 20.1. The number of rotatable bonds is 6. The first-order valence-corrected chi connectivity index (χ1v) is 10.4. The molecule has 8 heteroatoms. The first kappa shape index (κ1) is 24.1. The summed E-state index contributed by atoms with van der Waals surface area (Å²) in [6.07, 6.45) is 2.03. The van der Waals surface area contributed by atoms with Crippen LogP contribution in [-0.4, -0.2) is 76.4 Å². The maximum Gasteiger partial charge on any atom is 0.191 e. The van der Waals surface area contributed by atoms with Gasteiger partial charge in [-0.25, -0.2) is 4.39 Å². The van der Waals surface area contributed by atoms with E-state index in [9.17, 15) is 4.39 Å². The lowest BCUT2D eigenvalue weighted by molar-refractivity contribution is 0.0320. The molecule has 1 unspecified atom stereocenters. The quantitative estimate of drug-likeness (QED) is 0.344. The summed E-state index contributed by atoms with van der Waals surface area (Å²) in [6.45, 7) is 9.85. The number of halogens is 2. The van der Waals surface area contributed by atoms with Gasteiger partial charge in [-0.1, -0.05) is 13.0 Å². The summed E-state index contributed by atoms with van der Waals surface area (Å²) >= 11 is 0. The van der Waals surface area contributed by atoms with Crippen molar-refractivity contribution in [3.8, 4) is 0 Å². The fourth-order valence-corrected chi connectivity index (χ4v) is 3.90. The molecule has 164 valence electrons. The van der Waals surface area contributed by atoms with Gasteiger partial charge < -0.3 is 20.3 Å². The summed E-state index contributed by atoms with van der Waals surface area (Å²) in [5.74, 6) is 1.25. The van der Waals surface area contributed by atoms with Crippen molar-refractivity contribution in [3.05, 3.63) is 30.1 Å². The first-order valence-electron chi connectivity index (χ1n) is 10.4. The molecule has 3 rings (SSSR count). The van der Waals surface area contributed by atoms with Crippen molar-refractivity contribution < 1.29 is 9.13 Å². The highest BCUT2D eigenvalue weighted by Crippen LogP contribution is 2.20. The minimum Gasteiger partial charge on any atom is -0.379 e. The fourth-order valence-electron chi connectivity index (χ4n) is 3.90. The van der Waals surface area contributed by atoms with Crippen LogP contribution in [-0.2, 0) is 4.74 Å².